The van der Waals surface area contributed by atoms with Crippen LogP contribution in [-0.4, -0.2) is 5.24 Å². The largest absolute Gasteiger partial charge is 0.281 e. The Balaban J connectivity index is 3.05. The van der Waals surface area contributed by atoms with E-state index in [-0.39, 0.29) is 11.2 Å². The molecule has 0 saturated heterocycles. The smallest absolute Gasteiger partial charge is 0.224 e. The van der Waals surface area contributed by atoms with Gasteiger partial charge in [-0.1, -0.05) is 90.9 Å². The van der Waals surface area contributed by atoms with E-state index in [4.69, 9.17) is 11.6 Å². The van der Waals surface area contributed by atoms with E-state index in [1.54, 1.807) is 0 Å². The van der Waals surface area contributed by atoms with Crippen molar-refractivity contribution in [2.45, 2.75) is 97.3 Å². The van der Waals surface area contributed by atoms with Crippen LogP contribution in [0.4, 0.5) is 0 Å². The van der Waals surface area contributed by atoms with E-state index in [1.807, 2.05) is 6.92 Å². The van der Waals surface area contributed by atoms with Gasteiger partial charge in [0, 0.05) is 5.92 Å². The van der Waals surface area contributed by atoms with E-state index in [0.29, 0.717) is 0 Å². The van der Waals surface area contributed by atoms with Gasteiger partial charge in [-0.15, -0.1) is 0 Å². The van der Waals surface area contributed by atoms with Crippen molar-refractivity contribution in [1.82, 2.24) is 0 Å². The summed E-state index contributed by atoms with van der Waals surface area (Å²) in [4.78, 5) is 10.8. The monoisotopic (exact) mass is 288 g/mol. The highest BCUT2D eigenvalue weighted by Gasteiger charge is 2.08. The third kappa shape index (κ3) is 14.2. The minimum atomic E-state index is -0.178. The van der Waals surface area contributed by atoms with Gasteiger partial charge in [-0.2, -0.15) is 0 Å². The minimum absolute atomic E-state index is 0.0461. The Morgan fingerprint density at radius 1 is 0.789 bits per heavy atom. The van der Waals surface area contributed by atoms with Crippen molar-refractivity contribution in [3.8, 4) is 0 Å². The molecule has 0 aromatic heterocycles. The standard InChI is InChI=1S/C17H33ClO/c1-3-4-5-6-7-8-9-10-11-12-13-14-15-16(2)17(18)19/h16H,3-15H2,1-2H3/t16-/m1/s1. The predicted molar refractivity (Wildman–Crippen MR) is 85.7 cm³/mol. The number of carbonyl (C=O) groups is 1. The van der Waals surface area contributed by atoms with Crippen LogP contribution in [-0.2, 0) is 4.79 Å². The van der Waals surface area contributed by atoms with Crippen LogP contribution in [0.15, 0.2) is 0 Å². The van der Waals surface area contributed by atoms with Gasteiger partial charge >= 0.3 is 0 Å². The summed E-state index contributed by atoms with van der Waals surface area (Å²) in [6.07, 6.45) is 17.3. The van der Waals surface area contributed by atoms with Gasteiger partial charge in [-0.05, 0) is 18.0 Å². The third-order valence-corrected chi connectivity index (χ3v) is 4.25. The highest BCUT2D eigenvalue weighted by Crippen LogP contribution is 2.15. The average molecular weight is 289 g/mol. The topological polar surface area (TPSA) is 17.1 Å². The molecule has 0 radical (unpaired) electrons. The van der Waals surface area contributed by atoms with E-state index < -0.39 is 0 Å². The van der Waals surface area contributed by atoms with Crippen LogP contribution in [0.3, 0.4) is 0 Å². The second-order valence-electron chi connectivity index (χ2n) is 5.88. The molecular weight excluding hydrogens is 256 g/mol. The van der Waals surface area contributed by atoms with Crippen LogP contribution in [0.2, 0.25) is 0 Å². The molecule has 0 fully saturated rings. The zero-order valence-corrected chi connectivity index (χ0v) is 13.8. The summed E-state index contributed by atoms with van der Waals surface area (Å²) in [7, 11) is 0. The Morgan fingerprint density at radius 2 is 1.16 bits per heavy atom. The normalized spacial score (nSPS) is 12.6. The van der Waals surface area contributed by atoms with E-state index in [9.17, 15) is 4.79 Å². The summed E-state index contributed by atoms with van der Waals surface area (Å²) < 4.78 is 0. The van der Waals surface area contributed by atoms with Crippen LogP contribution in [0.5, 0.6) is 0 Å². The van der Waals surface area contributed by atoms with Crippen molar-refractivity contribution in [2.24, 2.45) is 5.92 Å². The van der Waals surface area contributed by atoms with Crippen LogP contribution >= 0.6 is 11.6 Å². The van der Waals surface area contributed by atoms with Gasteiger partial charge in [0.15, 0.2) is 0 Å². The molecule has 0 unspecified atom stereocenters. The van der Waals surface area contributed by atoms with Crippen molar-refractivity contribution in [1.29, 1.82) is 0 Å². The van der Waals surface area contributed by atoms with E-state index in [2.05, 4.69) is 6.92 Å². The van der Waals surface area contributed by atoms with Gasteiger partial charge in [-0.25, -0.2) is 0 Å². The van der Waals surface area contributed by atoms with Gasteiger partial charge in [0.25, 0.3) is 0 Å². The lowest BCUT2D eigenvalue weighted by Gasteiger charge is -2.05. The molecule has 0 rings (SSSR count). The van der Waals surface area contributed by atoms with Crippen molar-refractivity contribution in [3.63, 3.8) is 0 Å². The van der Waals surface area contributed by atoms with Gasteiger partial charge in [0.1, 0.15) is 0 Å². The lowest BCUT2D eigenvalue weighted by Crippen LogP contribution is -2.02. The molecular formula is C17H33ClO. The van der Waals surface area contributed by atoms with Gasteiger partial charge < -0.3 is 0 Å². The summed E-state index contributed by atoms with van der Waals surface area (Å²) in [5, 5.41) is -0.178. The molecule has 0 N–H and O–H groups in total. The first kappa shape index (κ1) is 19.0. The molecule has 0 aliphatic carbocycles. The molecule has 0 amide bonds. The van der Waals surface area contributed by atoms with Crippen LogP contribution in [0.25, 0.3) is 0 Å². The zero-order chi connectivity index (χ0) is 14.3. The number of carbonyl (C=O) groups excluding carboxylic acids is 1. The van der Waals surface area contributed by atoms with E-state index in [0.717, 1.165) is 12.8 Å². The lowest BCUT2D eigenvalue weighted by molar-refractivity contribution is -0.114. The second kappa shape index (κ2) is 14.4. The molecule has 114 valence electrons. The molecule has 1 nitrogen and oxygen atoms in total. The Hall–Kier alpha value is -0.0400. The molecule has 0 aromatic carbocycles. The van der Waals surface area contributed by atoms with Crippen molar-refractivity contribution in [2.75, 3.05) is 0 Å². The number of hydrogen-bond donors (Lipinski definition) is 0. The SMILES string of the molecule is CCCCCCCCCCCCCC[C@@H](C)C(=O)Cl. The van der Waals surface area contributed by atoms with Gasteiger partial charge in [0.2, 0.25) is 5.24 Å². The first-order valence-corrected chi connectivity index (χ1v) is 8.75. The molecule has 0 aliphatic rings. The average Bonchev–Trinajstić information content (AvgIpc) is 2.39. The van der Waals surface area contributed by atoms with Crippen molar-refractivity contribution in [3.05, 3.63) is 0 Å². The first-order chi connectivity index (χ1) is 9.18. The number of unbranched alkanes of at least 4 members (excludes halogenated alkanes) is 11. The second-order valence-corrected chi connectivity index (χ2v) is 6.26. The van der Waals surface area contributed by atoms with Gasteiger partial charge in [0.05, 0.1) is 0 Å². The van der Waals surface area contributed by atoms with Gasteiger partial charge in [-0.3, -0.25) is 4.79 Å². The van der Waals surface area contributed by atoms with Crippen LogP contribution in [0, 0.1) is 5.92 Å². The van der Waals surface area contributed by atoms with Crippen molar-refractivity contribution >= 4 is 16.8 Å². The summed E-state index contributed by atoms with van der Waals surface area (Å²) in [6, 6.07) is 0. The number of rotatable bonds is 14. The van der Waals surface area contributed by atoms with Crippen LogP contribution < -0.4 is 0 Å². The highest BCUT2D eigenvalue weighted by atomic mass is 35.5. The fraction of sp³-hybridized carbons (Fsp3) is 0.941. The third-order valence-electron chi connectivity index (χ3n) is 3.88. The summed E-state index contributed by atoms with van der Waals surface area (Å²) in [5.41, 5.74) is 0. The van der Waals surface area contributed by atoms with Crippen molar-refractivity contribution < 1.29 is 4.79 Å². The van der Waals surface area contributed by atoms with E-state index in [1.165, 1.54) is 70.6 Å². The molecule has 19 heavy (non-hydrogen) atoms. The van der Waals surface area contributed by atoms with E-state index >= 15 is 0 Å². The number of hydrogen-bond acceptors (Lipinski definition) is 1. The fourth-order valence-corrected chi connectivity index (χ4v) is 2.51. The summed E-state index contributed by atoms with van der Waals surface area (Å²) >= 11 is 5.43. The molecule has 0 heterocycles. The quantitative estimate of drug-likeness (QED) is 0.264. The maximum absolute atomic E-state index is 10.8. The molecule has 2 heteroatoms. The predicted octanol–water partition coefficient (Wildman–Crippen LogP) is 6.48. The molecule has 0 aromatic rings. The summed E-state index contributed by atoms with van der Waals surface area (Å²) in [6.45, 7) is 4.19. The zero-order valence-electron chi connectivity index (χ0n) is 13.1. The molecule has 0 spiro atoms. The molecule has 0 saturated carbocycles. The molecule has 1 atom stereocenters. The maximum Gasteiger partial charge on any atom is 0.224 e. The fourth-order valence-electron chi connectivity index (χ4n) is 2.40. The molecule has 0 aliphatic heterocycles. The highest BCUT2D eigenvalue weighted by molar-refractivity contribution is 6.63. The maximum atomic E-state index is 10.8. The Morgan fingerprint density at radius 3 is 1.53 bits per heavy atom. The Labute approximate surface area is 125 Å². The Bertz CT molecular complexity index is 203. The summed E-state index contributed by atoms with van der Waals surface area (Å²) in [5.74, 6) is 0.0461. The Kier molecular flexibility index (Phi) is 14.3. The van der Waals surface area contributed by atoms with Crippen LogP contribution in [0.1, 0.15) is 97.3 Å². The lowest BCUT2D eigenvalue weighted by atomic mass is 10.0. The number of halogens is 1. The minimum Gasteiger partial charge on any atom is -0.281 e. The molecule has 0 bridgehead atoms. The first-order valence-electron chi connectivity index (χ1n) is 8.37.